The van der Waals surface area contributed by atoms with Crippen LogP contribution in [-0.4, -0.2) is 9.55 Å². The maximum absolute atomic E-state index is 4.68. The lowest BCUT2D eigenvalue weighted by atomic mass is 9.48. The smallest absolute Gasteiger partial charge is 0.100 e. The Hall–Kier alpha value is -2.09. The second-order valence-corrected chi connectivity index (χ2v) is 10.0. The van der Waals surface area contributed by atoms with Crippen LogP contribution in [0.2, 0.25) is 0 Å². The van der Waals surface area contributed by atoms with Gasteiger partial charge in [-0.2, -0.15) is 0 Å². The number of hydrogen-bond acceptors (Lipinski definition) is 1. The molecule has 4 aliphatic carbocycles. The maximum Gasteiger partial charge on any atom is 0.100 e. The van der Waals surface area contributed by atoms with E-state index in [4.69, 9.17) is 0 Å². The summed E-state index contributed by atoms with van der Waals surface area (Å²) >= 11 is 0. The minimum Gasteiger partial charge on any atom is -0.302 e. The molecule has 1 fully saturated rings. The van der Waals surface area contributed by atoms with Crippen LogP contribution >= 0.6 is 0 Å². The molecule has 1 aromatic heterocycles. The second kappa shape index (κ2) is 5.72. The van der Waals surface area contributed by atoms with E-state index in [1.807, 2.05) is 0 Å². The topological polar surface area (TPSA) is 17.8 Å². The van der Waals surface area contributed by atoms with Gasteiger partial charge in [0.05, 0.1) is 11.0 Å². The molecule has 28 heavy (non-hydrogen) atoms. The van der Waals surface area contributed by atoms with Crippen molar-refractivity contribution < 1.29 is 0 Å². The number of allylic oxidation sites excluding steroid dienone is 6. The van der Waals surface area contributed by atoms with Gasteiger partial charge < -0.3 is 4.57 Å². The van der Waals surface area contributed by atoms with E-state index in [2.05, 4.69) is 78.3 Å². The van der Waals surface area contributed by atoms with Gasteiger partial charge in [-0.15, -0.1) is 0 Å². The summed E-state index contributed by atoms with van der Waals surface area (Å²) in [4.78, 5) is 4.68. The molecule has 0 spiro atoms. The fraction of sp³-hybridized carbons (Fsp3) is 0.500. The summed E-state index contributed by atoms with van der Waals surface area (Å²) in [6, 6.07) is 8.57. The average molecular weight is 371 g/mol. The largest absolute Gasteiger partial charge is 0.302 e. The molecule has 4 aliphatic rings. The molecule has 1 heterocycles. The van der Waals surface area contributed by atoms with Crippen molar-refractivity contribution in [2.75, 3.05) is 0 Å². The maximum atomic E-state index is 4.68. The molecule has 2 aromatic rings. The first kappa shape index (κ1) is 16.8. The first-order valence-electron chi connectivity index (χ1n) is 11.1. The van der Waals surface area contributed by atoms with Gasteiger partial charge >= 0.3 is 0 Å². The van der Waals surface area contributed by atoms with Crippen LogP contribution in [0.15, 0.2) is 60.5 Å². The lowest BCUT2D eigenvalue weighted by molar-refractivity contribution is -0.00318. The highest BCUT2D eigenvalue weighted by Crippen LogP contribution is 2.65. The lowest BCUT2D eigenvalue weighted by Crippen LogP contribution is -2.48. The summed E-state index contributed by atoms with van der Waals surface area (Å²) < 4.78 is 2.39. The molecule has 0 saturated heterocycles. The Morgan fingerprint density at radius 3 is 2.82 bits per heavy atom. The summed E-state index contributed by atoms with van der Waals surface area (Å²) in [5.74, 6) is 2.44. The van der Waals surface area contributed by atoms with E-state index in [1.165, 1.54) is 49.7 Å². The predicted octanol–water partition coefficient (Wildman–Crippen LogP) is 6.62. The zero-order valence-corrected chi connectivity index (χ0v) is 17.1. The van der Waals surface area contributed by atoms with Crippen molar-refractivity contribution in [1.82, 2.24) is 9.55 Å². The molecular formula is C26H30N2. The Morgan fingerprint density at radius 1 is 1.00 bits per heavy atom. The van der Waals surface area contributed by atoms with Crippen molar-refractivity contribution in [3.8, 4) is 0 Å². The van der Waals surface area contributed by atoms with Crippen LogP contribution in [0.4, 0.5) is 0 Å². The van der Waals surface area contributed by atoms with Crippen molar-refractivity contribution in [1.29, 1.82) is 0 Å². The fourth-order valence-corrected chi connectivity index (χ4v) is 7.37. The van der Waals surface area contributed by atoms with Crippen molar-refractivity contribution in [3.05, 3.63) is 60.5 Å². The minimum atomic E-state index is 0.275. The zero-order chi connectivity index (χ0) is 18.9. The summed E-state index contributed by atoms with van der Waals surface area (Å²) in [6.45, 7) is 5.11. The number of nitrogens with zero attached hydrogens (tertiary/aromatic N) is 2. The molecule has 5 atom stereocenters. The van der Waals surface area contributed by atoms with Crippen molar-refractivity contribution >= 4 is 16.7 Å². The number of imidazole rings is 1. The molecule has 0 N–H and O–H groups in total. The van der Waals surface area contributed by atoms with E-state index in [1.54, 1.807) is 5.57 Å². The Labute approximate surface area is 168 Å². The highest BCUT2D eigenvalue weighted by Gasteiger charge is 2.56. The van der Waals surface area contributed by atoms with E-state index in [0.29, 0.717) is 5.41 Å². The summed E-state index contributed by atoms with van der Waals surface area (Å²) in [5.41, 5.74) is 6.19. The predicted molar refractivity (Wildman–Crippen MR) is 116 cm³/mol. The van der Waals surface area contributed by atoms with E-state index in [0.717, 1.165) is 23.3 Å². The molecule has 1 aromatic carbocycles. The highest BCUT2D eigenvalue weighted by atomic mass is 15.1. The minimum absolute atomic E-state index is 0.275. The van der Waals surface area contributed by atoms with Gasteiger partial charge in [0.25, 0.3) is 0 Å². The van der Waals surface area contributed by atoms with Gasteiger partial charge in [-0.05, 0) is 79.4 Å². The molecule has 3 unspecified atom stereocenters. The molecule has 2 nitrogen and oxygen atoms in total. The Balaban J connectivity index is 1.39. The lowest BCUT2D eigenvalue weighted by Gasteiger charge is -2.56. The zero-order valence-electron chi connectivity index (χ0n) is 17.1. The summed E-state index contributed by atoms with van der Waals surface area (Å²) in [6.07, 6.45) is 19.8. The quantitative estimate of drug-likeness (QED) is 0.552. The molecular weight excluding hydrogens is 340 g/mol. The van der Waals surface area contributed by atoms with Gasteiger partial charge in [-0.25, -0.2) is 4.98 Å². The van der Waals surface area contributed by atoms with Crippen molar-refractivity contribution in [2.45, 2.75) is 52.4 Å². The Kier molecular flexibility index (Phi) is 3.44. The summed E-state index contributed by atoms with van der Waals surface area (Å²) in [7, 11) is 0. The molecule has 1 saturated carbocycles. The molecule has 0 radical (unpaired) electrons. The summed E-state index contributed by atoms with van der Waals surface area (Å²) in [5, 5.41) is 0. The number of aromatic nitrogens is 2. The monoisotopic (exact) mass is 370 g/mol. The average Bonchev–Trinajstić information content (AvgIpc) is 3.28. The van der Waals surface area contributed by atoms with Crippen molar-refractivity contribution in [3.63, 3.8) is 0 Å². The van der Waals surface area contributed by atoms with E-state index in [9.17, 15) is 0 Å². The van der Waals surface area contributed by atoms with Crippen LogP contribution in [-0.2, 0) is 0 Å². The SMILES string of the molecule is C[C@]12CCC=CC1=CCC1C2CC[C@]2(C)C(n3cnc4ccccc43)=CCC12. The van der Waals surface area contributed by atoms with E-state index >= 15 is 0 Å². The third kappa shape index (κ3) is 2.07. The van der Waals surface area contributed by atoms with Gasteiger partial charge in [-0.3, -0.25) is 0 Å². The first-order valence-corrected chi connectivity index (χ1v) is 11.1. The number of benzene rings is 1. The third-order valence-electron chi connectivity index (χ3n) is 8.91. The van der Waals surface area contributed by atoms with E-state index < -0.39 is 0 Å². The van der Waals surface area contributed by atoms with Crippen molar-refractivity contribution in [2.24, 2.45) is 28.6 Å². The highest BCUT2D eigenvalue weighted by molar-refractivity contribution is 5.80. The van der Waals surface area contributed by atoms with Crippen LogP contribution in [0.3, 0.4) is 0 Å². The molecule has 0 bridgehead atoms. The number of para-hydroxylation sites is 2. The van der Waals surface area contributed by atoms with Crippen LogP contribution in [0.1, 0.15) is 52.4 Å². The molecule has 0 aliphatic heterocycles. The molecule has 0 amide bonds. The van der Waals surface area contributed by atoms with Crippen LogP contribution in [0, 0.1) is 28.6 Å². The number of hydrogen-bond donors (Lipinski definition) is 0. The first-order chi connectivity index (χ1) is 13.6. The normalized spacial score (nSPS) is 39.1. The standard InChI is InChI=1S/C26H30N2/c1-25-15-6-5-7-18(25)10-11-19-20-12-13-24(26(20,2)16-14-21(19)25)28-17-27-22-8-3-4-9-23(22)28/h3-5,7-10,13,17,19-21H,6,11-12,14-16H2,1-2H3/t19?,20?,21?,25-,26-/m0/s1. The number of rotatable bonds is 1. The van der Waals surface area contributed by atoms with Gasteiger partial charge in [0.1, 0.15) is 6.33 Å². The van der Waals surface area contributed by atoms with Gasteiger partial charge in [-0.1, -0.05) is 50.3 Å². The third-order valence-corrected chi connectivity index (χ3v) is 8.91. The molecule has 6 rings (SSSR count). The van der Waals surface area contributed by atoms with Crippen LogP contribution in [0.25, 0.3) is 16.7 Å². The Morgan fingerprint density at radius 2 is 1.89 bits per heavy atom. The number of fused-ring (bicyclic) bond motifs is 6. The van der Waals surface area contributed by atoms with E-state index in [-0.39, 0.29) is 5.41 Å². The van der Waals surface area contributed by atoms with Gasteiger partial charge in [0.15, 0.2) is 0 Å². The fourth-order valence-electron chi connectivity index (χ4n) is 7.37. The second-order valence-electron chi connectivity index (χ2n) is 10.0. The Bertz CT molecular complexity index is 1040. The van der Waals surface area contributed by atoms with Gasteiger partial charge in [0, 0.05) is 11.1 Å². The molecule has 144 valence electrons. The molecule has 2 heteroatoms. The van der Waals surface area contributed by atoms with Crippen LogP contribution in [0.5, 0.6) is 0 Å². The van der Waals surface area contributed by atoms with Crippen LogP contribution < -0.4 is 0 Å². The van der Waals surface area contributed by atoms with Gasteiger partial charge in [0.2, 0.25) is 0 Å².